The molecule has 0 bridgehead atoms. The highest BCUT2D eigenvalue weighted by atomic mass is 32.2. The molecule has 112 valence electrons. The Morgan fingerprint density at radius 2 is 1.89 bits per heavy atom. The Balaban J connectivity index is 2.01. The van der Waals surface area contributed by atoms with E-state index in [1.165, 1.54) is 0 Å². The van der Waals surface area contributed by atoms with Crippen molar-refractivity contribution in [1.29, 1.82) is 0 Å². The van der Waals surface area contributed by atoms with Crippen LogP contribution in [0.5, 0.6) is 0 Å². The molecule has 2 saturated heterocycles. The third-order valence-electron chi connectivity index (χ3n) is 3.97. The fourth-order valence-corrected chi connectivity index (χ4v) is 4.46. The molecule has 1 atom stereocenters. The Morgan fingerprint density at radius 1 is 1.21 bits per heavy atom. The third-order valence-corrected chi connectivity index (χ3v) is 5.98. The predicted octanol–water partition coefficient (Wildman–Crippen LogP) is 0.0127. The molecule has 0 amide bonds. The lowest BCUT2D eigenvalue weighted by Gasteiger charge is -2.34. The molecule has 7 heteroatoms. The van der Waals surface area contributed by atoms with Gasteiger partial charge in [0.2, 0.25) is 0 Å². The van der Waals surface area contributed by atoms with E-state index in [0.717, 1.165) is 19.3 Å². The summed E-state index contributed by atoms with van der Waals surface area (Å²) in [5, 5.41) is 0. The number of hydrogen-bond acceptors (Lipinski definition) is 4. The SMILES string of the molecule is CC1CN(S(=O)(=O)N2CCC(CN)CC2)CCCO1. The molecule has 0 saturated carbocycles. The summed E-state index contributed by atoms with van der Waals surface area (Å²) in [4.78, 5) is 0. The first-order chi connectivity index (χ1) is 9.04. The number of nitrogens with two attached hydrogens (primary N) is 1. The minimum absolute atomic E-state index is 0.0288. The molecule has 2 heterocycles. The van der Waals surface area contributed by atoms with Crippen LogP contribution in [0.15, 0.2) is 0 Å². The maximum absolute atomic E-state index is 12.6. The van der Waals surface area contributed by atoms with Gasteiger partial charge in [-0.3, -0.25) is 0 Å². The van der Waals surface area contributed by atoms with Crippen molar-refractivity contribution >= 4 is 10.2 Å². The summed E-state index contributed by atoms with van der Waals surface area (Å²) < 4.78 is 33.9. The van der Waals surface area contributed by atoms with Crippen molar-refractivity contribution in [1.82, 2.24) is 8.61 Å². The first kappa shape index (κ1) is 15.2. The molecule has 2 aliphatic rings. The Bertz CT molecular complexity index is 380. The zero-order valence-electron chi connectivity index (χ0n) is 11.6. The lowest BCUT2D eigenvalue weighted by atomic mass is 9.99. The van der Waals surface area contributed by atoms with E-state index < -0.39 is 10.2 Å². The zero-order valence-corrected chi connectivity index (χ0v) is 12.4. The van der Waals surface area contributed by atoms with Crippen molar-refractivity contribution < 1.29 is 13.2 Å². The molecular weight excluding hydrogens is 266 g/mol. The Morgan fingerprint density at radius 3 is 2.53 bits per heavy atom. The summed E-state index contributed by atoms with van der Waals surface area (Å²) in [5.41, 5.74) is 5.64. The molecule has 19 heavy (non-hydrogen) atoms. The highest BCUT2D eigenvalue weighted by Gasteiger charge is 2.34. The van der Waals surface area contributed by atoms with E-state index in [-0.39, 0.29) is 6.10 Å². The van der Waals surface area contributed by atoms with E-state index in [4.69, 9.17) is 10.5 Å². The molecule has 1 unspecified atom stereocenters. The van der Waals surface area contributed by atoms with Crippen molar-refractivity contribution in [3.63, 3.8) is 0 Å². The van der Waals surface area contributed by atoms with Crippen molar-refractivity contribution in [3.05, 3.63) is 0 Å². The topological polar surface area (TPSA) is 75.9 Å². The van der Waals surface area contributed by atoms with Gasteiger partial charge in [0.05, 0.1) is 6.10 Å². The minimum Gasteiger partial charge on any atom is -0.377 e. The zero-order chi connectivity index (χ0) is 13.9. The molecule has 2 fully saturated rings. The van der Waals surface area contributed by atoms with Crippen molar-refractivity contribution in [3.8, 4) is 0 Å². The van der Waals surface area contributed by atoms with Gasteiger partial charge in [0, 0.05) is 32.8 Å². The van der Waals surface area contributed by atoms with Gasteiger partial charge in [-0.05, 0) is 38.6 Å². The first-order valence-electron chi connectivity index (χ1n) is 7.11. The second-order valence-corrected chi connectivity index (χ2v) is 7.41. The van der Waals surface area contributed by atoms with Crippen LogP contribution in [0.2, 0.25) is 0 Å². The Kier molecular flexibility index (Phi) is 5.19. The van der Waals surface area contributed by atoms with Gasteiger partial charge in [-0.25, -0.2) is 0 Å². The molecule has 0 aromatic heterocycles. The summed E-state index contributed by atoms with van der Waals surface area (Å²) in [7, 11) is -3.33. The van der Waals surface area contributed by atoms with E-state index in [2.05, 4.69) is 0 Å². The van der Waals surface area contributed by atoms with E-state index in [1.54, 1.807) is 8.61 Å². The van der Waals surface area contributed by atoms with Gasteiger partial charge in [0.25, 0.3) is 10.2 Å². The quantitative estimate of drug-likeness (QED) is 0.795. The molecule has 6 nitrogen and oxygen atoms in total. The van der Waals surface area contributed by atoms with Crippen LogP contribution in [0.4, 0.5) is 0 Å². The summed E-state index contributed by atoms with van der Waals surface area (Å²) in [6, 6.07) is 0. The van der Waals surface area contributed by atoms with Crippen LogP contribution in [-0.4, -0.2) is 62.5 Å². The number of nitrogens with zero attached hydrogens (tertiary/aromatic N) is 2. The summed E-state index contributed by atoms with van der Waals surface area (Å²) >= 11 is 0. The van der Waals surface area contributed by atoms with Crippen molar-refractivity contribution in [2.45, 2.75) is 32.3 Å². The van der Waals surface area contributed by atoms with Crippen LogP contribution in [-0.2, 0) is 14.9 Å². The third kappa shape index (κ3) is 3.66. The molecule has 0 aromatic carbocycles. The second kappa shape index (κ2) is 6.49. The number of ether oxygens (including phenoxy) is 1. The van der Waals surface area contributed by atoms with E-state index in [9.17, 15) is 8.42 Å². The molecule has 2 rings (SSSR count). The van der Waals surface area contributed by atoms with Gasteiger partial charge in [-0.1, -0.05) is 0 Å². The predicted molar refractivity (Wildman–Crippen MR) is 73.9 cm³/mol. The Hall–Kier alpha value is -0.210. The van der Waals surface area contributed by atoms with Crippen LogP contribution in [0.1, 0.15) is 26.2 Å². The summed E-state index contributed by atoms with van der Waals surface area (Å²) in [6.45, 7) is 5.42. The van der Waals surface area contributed by atoms with Gasteiger partial charge >= 0.3 is 0 Å². The number of hydrogen-bond donors (Lipinski definition) is 1. The lowest BCUT2D eigenvalue weighted by Crippen LogP contribution is -2.49. The first-order valence-corrected chi connectivity index (χ1v) is 8.50. The molecule has 0 aliphatic carbocycles. The molecule has 2 aliphatic heterocycles. The molecule has 0 aromatic rings. The summed E-state index contributed by atoms with van der Waals surface area (Å²) in [5.74, 6) is 0.470. The standard InChI is InChI=1S/C12H25N3O3S/c1-11-10-15(5-2-8-18-11)19(16,17)14-6-3-12(9-13)4-7-14/h11-12H,2-10,13H2,1H3. The fraction of sp³-hybridized carbons (Fsp3) is 1.00. The smallest absolute Gasteiger partial charge is 0.282 e. The Labute approximate surface area is 116 Å². The van der Waals surface area contributed by atoms with Crippen LogP contribution < -0.4 is 5.73 Å². The van der Waals surface area contributed by atoms with E-state index in [0.29, 0.717) is 45.2 Å². The monoisotopic (exact) mass is 291 g/mol. The van der Waals surface area contributed by atoms with Gasteiger partial charge in [-0.15, -0.1) is 0 Å². The van der Waals surface area contributed by atoms with Gasteiger partial charge < -0.3 is 10.5 Å². The van der Waals surface area contributed by atoms with Crippen molar-refractivity contribution in [2.24, 2.45) is 11.7 Å². The average Bonchev–Trinajstić information content (AvgIpc) is 2.64. The normalized spacial score (nSPS) is 29.3. The average molecular weight is 291 g/mol. The highest BCUT2D eigenvalue weighted by Crippen LogP contribution is 2.21. The van der Waals surface area contributed by atoms with Crippen LogP contribution >= 0.6 is 0 Å². The second-order valence-electron chi connectivity index (χ2n) is 5.48. The van der Waals surface area contributed by atoms with E-state index in [1.807, 2.05) is 6.92 Å². The van der Waals surface area contributed by atoms with Crippen LogP contribution in [0, 0.1) is 5.92 Å². The van der Waals surface area contributed by atoms with Gasteiger partial charge in [0.15, 0.2) is 0 Å². The van der Waals surface area contributed by atoms with Crippen LogP contribution in [0.25, 0.3) is 0 Å². The highest BCUT2D eigenvalue weighted by molar-refractivity contribution is 7.86. The molecule has 0 spiro atoms. The lowest BCUT2D eigenvalue weighted by molar-refractivity contribution is 0.0745. The fourth-order valence-electron chi connectivity index (χ4n) is 2.70. The van der Waals surface area contributed by atoms with Gasteiger partial charge in [0.1, 0.15) is 0 Å². The molecule has 2 N–H and O–H groups in total. The largest absolute Gasteiger partial charge is 0.377 e. The van der Waals surface area contributed by atoms with E-state index >= 15 is 0 Å². The molecular formula is C12H25N3O3S. The maximum atomic E-state index is 12.6. The minimum atomic E-state index is -3.33. The van der Waals surface area contributed by atoms with Crippen molar-refractivity contribution in [2.75, 3.05) is 39.3 Å². The maximum Gasteiger partial charge on any atom is 0.282 e. The summed E-state index contributed by atoms with van der Waals surface area (Å²) in [6.07, 6.45) is 2.48. The molecule has 0 radical (unpaired) electrons. The number of piperidine rings is 1. The van der Waals surface area contributed by atoms with Gasteiger partial charge in [-0.2, -0.15) is 17.0 Å². The van der Waals surface area contributed by atoms with Crippen LogP contribution in [0.3, 0.4) is 0 Å². The number of rotatable bonds is 3.